The molecule has 19 heavy (non-hydrogen) atoms. The second-order valence-corrected chi connectivity index (χ2v) is 7.86. The number of hydrogen-bond acceptors (Lipinski definition) is 2. The van der Waals surface area contributed by atoms with E-state index in [1.807, 2.05) is 0 Å². The monoisotopic (exact) mass is 281 g/mol. The highest BCUT2D eigenvalue weighted by Gasteiger charge is 2.36. The van der Waals surface area contributed by atoms with Gasteiger partial charge in [-0.2, -0.15) is 12.6 Å². The van der Waals surface area contributed by atoms with Gasteiger partial charge in [-0.05, 0) is 55.2 Å². The molecule has 0 bridgehead atoms. The van der Waals surface area contributed by atoms with Crippen LogP contribution in [0.4, 0.5) is 0 Å². The van der Waals surface area contributed by atoms with E-state index in [2.05, 4.69) is 4.90 Å². The minimum absolute atomic E-state index is 0.558. The van der Waals surface area contributed by atoms with Crippen molar-refractivity contribution in [2.75, 3.05) is 25.4 Å². The molecule has 0 aromatic carbocycles. The summed E-state index contributed by atoms with van der Waals surface area (Å²) in [4.78, 5) is 2.81. The zero-order chi connectivity index (χ0) is 13.1. The first-order valence-electron chi connectivity index (χ1n) is 8.65. The first kappa shape index (κ1) is 14.3. The summed E-state index contributed by atoms with van der Waals surface area (Å²) in [7, 11) is 0. The van der Waals surface area contributed by atoms with Gasteiger partial charge in [-0.25, -0.2) is 0 Å². The lowest BCUT2D eigenvalue weighted by molar-refractivity contribution is 0.0457. The van der Waals surface area contributed by atoms with Crippen molar-refractivity contribution in [2.45, 2.75) is 64.2 Å². The van der Waals surface area contributed by atoms with E-state index in [1.165, 1.54) is 83.8 Å². The van der Waals surface area contributed by atoms with Crippen molar-refractivity contribution in [2.24, 2.45) is 17.3 Å². The van der Waals surface area contributed by atoms with Crippen LogP contribution in [0.1, 0.15) is 64.2 Å². The number of nitrogens with zero attached hydrogens (tertiary/aromatic N) is 1. The molecule has 1 nitrogen and oxygen atoms in total. The van der Waals surface area contributed by atoms with Crippen LogP contribution < -0.4 is 0 Å². The maximum atomic E-state index is 4.71. The number of likely N-dealkylation sites (tertiary alicyclic amines) is 1. The van der Waals surface area contributed by atoms with Gasteiger partial charge < -0.3 is 4.90 Å². The van der Waals surface area contributed by atoms with Gasteiger partial charge in [0.15, 0.2) is 0 Å². The average molecular weight is 282 g/mol. The molecule has 0 spiro atoms. The minimum Gasteiger partial charge on any atom is -0.302 e. The summed E-state index contributed by atoms with van der Waals surface area (Å²) in [6, 6.07) is 0. The fourth-order valence-corrected chi connectivity index (χ4v) is 5.38. The Morgan fingerprint density at radius 2 is 1.63 bits per heavy atom. The zero-order valence-corrected chi connectivity index (χ0v) is 13.3. The average Bonchev–Trinajstić information content (AvgIpc) is 2.48. The van der Waals surface area contributed by atoms with E-state index in [1.54, 1.807) is 0 Å². The van der Waals surface area contributed by atoms with Gasteiger partial charge in [-0.1, -0.05) is 38.5 Å². The second kappa shape index (κ2) is 6.39. The molecule has 0 amide bonds. The van der Waals surface area contributed by atoms with Crippen molar-refractivity contribution < 1.29 is 0 Å². The molecule has 0 N–H and O–H groups in total. The quantitative estimate of drug-likeness (QED) is 0.751. The summed E-state index contributed by atoms with van der Waals surface area (Å²) in [5, 5.41) is 0. The van der Waals surface area contributed by atoms with E-state index in [0.29, 0.717) is 5.41 Å². The summed E-state index contributed by atoms with van der Waals surface area (Å²) >= 11 is 4.71. The summed E-state index contributed by atoms with van der Waals surface area (Å²) < 4.78 is 0. The van der Waals surface area contributed by atoms with E-state index in [-0.39, 0.29) is 0 Å². The predicted molar refractivity (Wildman–Crippen MR) is 85.9 cm³/mol. The number of thiol groups is 1. The minimum atomic E-state index is 0.558. The SMILES string of the molecule is SCC1(CN2CCC3CCCCC3C2)CCCCC1. The molecular weight excluding hydrogens is 250 g/mol. The maximum Gasteiger partial charge on any atom is 0.00459 e. The van der Waals surface area contributed by atoms with Crippen molar-refractivity contribution in [1.29, 1.82) is 0 Å². The van der Waals surface area contributed by atoms with E-state index in [9.17, 15) is 0 Å². The van der Waals surface area contributed by atoms with E-state index >= 15 is 0 Å². The van der Waals surface area contributed by atoms with Gasteiger partial charge in [0.05, 0.1) is 0 Å². The van der Waals surface area contributed by atoms with Crippen LogP contribution in [0, 0.1) is 17.3 Å². The Bertz CT molecular complexity index is 285. The lowest BCUT2D eigenvalue weighted by atomic mass is 9.72. The molecule has 2 heteroatoms. The second-order valence-electron chi connectivity index (χ2n) is 7.55. The van der Waals surface area contributed by atoms with E-state index in [4.69, 9.17) is 12.6 Å². The van der Waals surface area contributed by atoms with E-state index < -0.39 is 0 Å². The summed E-state index contributed by atoms with van der Waals surface area (Å²) in [6.45, 7) is 4.12. The van der Waals surface area contributed by atoms with Crippen LogP contribution in [-0.4, -0.2) is 30.3 Å². The molecule has 3 aliphatic rings. The third-order valence-electron chi connectivity index (χ3n) is 6.18. The van der Waals surface area contributed by atoms with Crippen LogP contribution in [0.2, 0.25) is 0 Å². The molecule has 3 fully saturated rings. The van der Waals surface area contributed by atoms with Gasteiger partial charge in [0.2, 0.25) is 0 Å². The standard InChI is InChI=1S/C17H31NS/c19-14-17(9-4-1-5-10-17)13-18-11-8-15-6-2-3-7-16(15)12-18/h15-16,19H,1-14H2. The summed E-state index contributed by atoms with van der Waals surface area (Å²) in [5.74, 6) is 3.21. The highest BCUT2D eigenvalue weighted by Crippen LogP contribution is 2.41. The lowest BCUT2D eigenvalue weighted by Gasteiger charge is -2.46. The van der Waals surface area contributed by atoms with Gasteiger partial charge in [-0.15, -0.1) is 0 Å². The van der Waals surface area contributed by atoms with Crippen LogP contribution in [0.15, 0.2) is 0 Å². The fraction of sp³-hybridized carbons (Fsp3) is 1.00. The van der Waals surface area contributed by atoms with Crippen LogP contribution in [-0.2, 0) is 0 Å². The molecule has 2 aliphatic carbocycles. The molecule has 110 valence electrons. The number of rotatable bonds is 3. The normalized spacial score (nSPS) is 35.8. The molecule has 1 aliphatic heterocycles. The predicted octanol–water partition coefficient (Wildman–Crippen LogP) is 4.38. The topological polar surface area (TPSA) is 3.24 Å². The van der Waals surface area contributed by atoms with Gasteiger partial charge in [0, 0.05) is 13.1 Å². The molecule has 1 saturated heterocycles. The van der Waals surface area contributed by atoms with Gasteiger partial charge in [0.1, 0.15) is 0 Å². The maximum absolute atomic E-state index is 4.71. The molecule has 3 rings (SSSR count). The van der Waals surface area contributed by atoms with Crippen molar-refractivity contribution in [3.05, 3.63) is 0 Å². The Morgan fingerprint density at radius 3 is 2.37 bits per heavy atom. The van der Waals surface area contributed by atoms with Crippen LogP contribution in [0.25, 0.3) is 0 Å². The first-order valence-corrected chi connectivity index (χ1v) is 9.28. The van der Waals surface area contributed by atoms with Crippen LogP contribution in [0.5, 0.6) is 0 Å². The Hall–Kier alpha value is 0.310. The number of hydrogen-bond donors (Lipinski definition) is 1. The molecule has 2 unspecified atom stereocenters. The Balaban J connectivity index is 1.57. The van der Waals surface area contributed by atoms with Crippen molar-refractivity contribution in [3.8, 4) is 0 Å². The molecule has 2 atom stereocenters. The highest BCUT2D eigenvalue weighted by atomic mass is 32.1. The van der Waals surface area contributed by atoms with E-state index in [0.717, 1.165) is 17.6 Å². The fourth-order valence-electron chi connectivity index (χ4n) is 4.96. The van der Waals surface area contributed by atoms with Crippen molar-refractivity contribution in [3.63, 3.8) is 0 Å². The van der Waals surface area contributed by atoms with Gasteiger partial charge in [0.25, 0.3) is 0 Å². The molecule has 0 aromatic rings. The summed E-state index contributed by atoms with van der Waals surface area (Å²) in [6.07, 6.45) is 14.7. The van der Waals surface area contributed by atoms with Crippen LogP contribution >= 0.6 is 12.6 Å². The molecule has 2 saturated carbocycles. The molecular formula is C17H31NS. The molecule has 0 radical (unpaired) electrons. The Labute approximate surface area is 124 Å². The number of piperidine rings is 1. The van der Waals surface area contributed by atoms with Crippen molar-refractivity contribution >= 4 is 12.6 Å². The lowest BCUT2D eigenvalue weighted by Crippen LogP contribution is -2.47. The van der Waals surface area contributed by atoms with Crippen molar-refractivity contribution in [1.82, 2.24) is 4.90 Å². The Kier molecular flexibility index (Phi) is 4.79. The summed E-state index contributed by atoms with van der Waals surface area (Å²) in [5.41, 5.74) is 0.558. The Morgan fingerprint density at radius 1 is 0.895 bits per heavy atom. The molecule has 1 heterocycles. The number of fused-ring (bicyclic) bond motifs is 1. The van der Waals surface area contributed by atoms with Gasteiger partial charge >= 0.3 is 0 Å². The smallest absolute Gasteiger partial charge is 0.00459 e. The van der Waals surface area contributed by atoms with Crippen LogP contribution in [0.3, 0.4) is 0 Å². The first-order chi connectivity index (χ1) is 9.31. The zero-order valence-electron chi connectivity index (χ0n) is 12.4. The third kappa shape index (κ3) is 3.32. The third-order valence-corrected chi connectivity index (χ3v) is 6.85. The molecule has 0 aromatic heterocycles. The largest absolute Gasteiger partial charge is 0.302 e. The van der Waals surface area contributed by atoms with Gasteiger partial charge in [-0.3, -0.25) is 0 Å². The highest BCUT2D eigenvalue weighted by molar-refractivity contribution is 7.80.